The van der Waals surface area contributed by atoms with E-state index in [1.165, 1.54) is 11.1 Å². The van der Waals surface area contributed by atoms with Crippen molar-refractivity contribution in [2.24, 2.45) is 5.92 Å². The van der Waals surface area contributed by atoms with Crippen molar-refractivity contribution in [3.63, 3.8) is 0 Å². The van der Waals surface area contributed by atoms with Crippen LogP contribution in [0.5, 0.6) is 0 Å². The molecule has 1 aliphatic rings. The average molecular weight is 260 g/mol. The highest BCUT2D eigenvalue weighted by molar-refractivity contribution is 5.78. The lowest BCUT2D eigenvalue weighted by Gasteiger charge is -2.35. The first kappa shape index (κ1) is 14.1. The number of hydrogen-bond acceptors (Lipinski definition) is 2. The lowest BCUT2D eigenvalue weighted by atomic mass is 10.1. The van der Waals surface area contributed by atoms with E-state index in [1.54, 1.807) is 0 Å². The molecular weight excluding hydrogens is 236 g/mol. The Morgan fingerprint density at radius 2 is 1.89 bits per heavy atom. The van der Waals surface area contributed by atoms with Crippen LogP contribution >= 0.6 is 0 Å². The summed E-state index contributed by atoms with van der Waals surface area (Å²) in [4.78, 5) is 16.3. The van der Waals surface area contributed by atoms with E-state index in [-0.39, 0.29) is 11.8 Å². The van der Waals surface area contributed by atoms with Gasteiger partial charge in [-0.2, -0.15) is 0 Å². The third-order valence-electron chi connectivity index (χ3n) is 3.67. The number of carbonyl (C=O) groups excluding carboxylic acids is 1. The van der Waals surface area contributed by atoms with E-state index in [1.807, 2.05) is 18.7 Å². The molecule has 19 heavy (non-hydrogen) atoms. The van der Waals surface area contributed by atoms with Gasteiger partial charge in [0, 0.05) is 38.6 Å². The fraction of sp³-hybridized carbons (Fsp3) is 0.562. The predicted octanol–water partition coefficient (Wildman–Crippen LogP) is 2.30. The van der Waals surface area contributed by atoms with E-state index in [9.17, 15) is 4.79 Å². The number of hydrogen-bond donors (Lipinski definition) is 0. The highest BCUT2D eigenvalue weighted by Crippen LogP contribution is 2.11. The van der Waals surface area contributed by atoms with Gasteiger partial charge in [-0.25, -0.2) is 0 Å². The summed E-state index contributed by atoms with van der Waals surface area (Å²) in [6.45, 7) is 10.8. The molecule has 1 aliphatic heterocycles. The van der Waals surface area contributed by atoms with E-state index in [2.05, 4.69) is 36.1 Å². The molecule has 2 rings (SSSR count). The summed E-state index contributed by atoms with van der Waals surface area (Å²) in [5.74, 6) is 0.401. The highest BCUT2D eigenvalue weighted by Gasteiger charge is 2.22. The fourth-order valence-corrected chi connectivity index (χ4v) is 2.56. The van der Waals surface area contributed by atoms with Crippen molar-refractivity contribution in [1.29, 1.82) is 0 Å². The molecule has 0 bridgehead atoms. The van der Waals surface area contributed by atoms with Gasteiger partial charge in [-0.15, -0.1) is 0 Å². The summed E-state index contributed by atoms with van der Waals surface area (Å²) in [7, 11) is 0. The van der Waals surface area contributed by atoms with Gasteiger partial charge in [0.25, 0.3) is 0 Å². The third-order valence-corrected chi connectivity index (χ3v) is 3.67. The number of aryl methyl sites for hydroxylation is 1. The van der Waals surface area contributed by atoms with E-state index in [0.29, 0.717) is 0 Å². The number of benzene rings is 1. The second-order valence-corrected chi connectivity index (χ2v) is 5.75. The molecule has 1 aromatic rings. The van der Waals surface area contributed by atoms with Crippen LogP contribution in [0.1, 0.15) is 25.0 Å². The first-order chi connectivity index (χ1) is 9.06. The van der Waals surface area contributed by atoms with Gasteiger partial charge in [0.05, 0.1) is 0 Å². The Morgan fingerprint density at radius 3 is 2.47 bits per heavy atom. The van der Waals surface area contributed by atoms with Crippen molar-refractivity contribution in [3.8, 4) is 0 Å². The first-order valence-electron chi connectivity index (χ1n) is 7.13. The van der Waals surface area contributed by atoms with Crippen LogP contribution in [0.4, 0.5) is 0 Å². The van der Waals surface area contributed by atoms with Crippen molar-refractivity contribution in [2.45, 2.75) is 27.3 Å². The van der Waals surface area contributed by atoms with Crippen LogP contribution in [-0.2, 0) is 11.3 Å². The predicted molar refractivity (Wildman–Crippen MR) is 77.9 cm³/mol. The average Bonchev–Trinajstić information content (AvgIpc) is 2.39. The van der Waals surface area contributed by atoms with Gasteiger partial charge in [0.1, 0.15) is 0 Å². The summed E-state index contributed by atoms with van der Waals surface area (Å²) in [6.07, 6.45) is 0. The summed E-state index contributed by atoms with van der Waals surface area (Å²) < 4.78 is 0. The number of amides is 1. The number of carbonyl (C=O) groups is 1. The SMILES string of the molecule is Cc1cccc(CN2CCN(C(=O)C(C)C)CC2)c1. The zero-order valence-corrected chi connectivity index (χ0v) is 12.2. The minimum Gasteiger partial charge on any atom is -0.340 e. The molecule has 0 N–H and O–H groups in total. The second-order valence-electron chi connectivity index (χ2n) is 5.75. The molecule has 3 heteroatoms. The minimum atomic E-state index is 0.114. The van der Waals surface area contributed by atoms with Crippen molar-refractivity contribution in [1.82, 2.24) is 9.80 Å². The lowest BCUT2D eigenvalue weighted by molar-refractivity contribution is -0.136. The Hall–Kier alpha value is -1.35. The molecule has 0 saturated carbocycles. The molecule has 0 unspecified atom stereocenters. The van der Waals surface area contributed by atoms with Gasteiger partial charge in [0.2, 0.25) is 5.91 Å². The van der Waals surface area contributed by atoms with E-state index in [0.717, 1.165) is 32.7 Å². The Labute approximate surface area is 116 Å². The van der Waals surface area contributed by atoms with Crippen molar-refractivity contribution < 1.29 is 4.79 Å². The van der Waals surface area contributed by atoms with Gasteiger partial charge in [-0.1, -0.05) is 43.7 Å². The van der Waals surface area contributed by atoms with Crippen LogP contribution < -0.4 is 0 Å². The number of rotatable bonds is 3. The van der Waals surface area contributed by atoms with Gasteiger partial charge >= 0.3 is 0 Å². The molecule has 1 saturated heterocycles. The molecule has 1 heterocycles. The Kier molecular flexibility index (Phi) is 4.59. The van der Waals surface area contributed by atoms with E-state index in [4.69, 9.17) is 0 Å². The van der Waals surface area contributed by atoms with Crippen LogP contribution in [0, 0.1) is 12.8 Å². The molecule has 0 aromatic heterocycles. The molecule has 1 aromatic carbocycles. The van der Waals surface area contributed by atoms with Gasteiger partial charge < -0.3 is 4.90 Å². The van der Waals surface area contributed by atoms with Crippen LogP contribution in [0.25, 0.3) is 0 Å². The topological polar surface area (TPSA) is 23.6 Å². The quantitative estimate of drug-likeness (QED) is 0.832. The Balaban J connectivity index is 1.85. The number of piperazine rings is 1. The maximum Gasteiger partial charge on any atom is 0.225 e. The van der Waals surface area contributed by atoms with Gasteiger partial charge in [-0.3, -0.25) is 9.69 Å². The summed E-state index contributed by atoms with van der Waals surface area (Å²) in [6, 6.07) is 8.66. The summed E-state index contributed by atoms with van der Waals surface area (Å²) in [5, 5.41) is 0. The monoisotopic (exact) mass is 260 g/mol. The van der Waals surface area contributed by atoms with Crippen LogP contribution in [0.15, 0.2) is 24.3 Å². The van der Waals surface area contributed by atoms with Crippen LogP contribution in [-0.4, -0.2) is 41.9 Å². The molecular formula is C16H24N2O. The standard InChI is InChI=1S/C16H24N2O/c1-13(2)16(19)18-9-7-17(8-10-18)12-15-6-4-5-14(3)11-15/h4-6,11,13H,7-10,12H2,1-3H3. The molecule has 3 nitrogen and oxygen atoms in total. The molecule has 0 atom stereocenters. The largest absolute Gasteiger partial charge is 0.340 e. The van der Waals surface area contributed by atoms with E-state index >= 15 is 0 Å². The third kappa shape index (κ3) is 3.80. The van der Waals surface area contributed by atoms with Crippen molar-refractivity contribution in [3.05, 3.63) is 35.4 Å². The molecule has 1 fully saturated rings. The Bertz CT molecular complexity index is 434. The fourth-order valence-electron chi connectivity index (χ4n) is 2.56. The zero-order chi connectivity index (χ0) is 13.8. The molecule has 0 radical (unpaired) electrons. The van der Waals surface area contributed by atoms with Crippen molar-refractivity contribution in [2.75, 3.05) is 26.2 Å². The molecule has 104 valence electrons. The number of nitrogens with zero attached hydrogens (tertiary/aromatic N) is 2. The zero-order valence-electron chi connectivity index (χ0n) is 12.2. The van der Waals surface area contributed by atoms with E-state index < -0.39 is 0 Å². The minimum absolute atomic E-state index is 0.114. The molecule has 1 amide bonds. The normalized spacial score (nSPS) is 16.9. The summed E-state index contributed by atoms with van der Waals surface area (Å²) in [5.41, 5.74) is 2.68. The maximum atomic E-state index is 11.9. The van der Waals surface area contributed by atoms with Crippen LogP contribution in [0.3, 0.4) is 0 Å². The molecule has 0 aliphatic carbocycles. The van der Waals surface area contributed by atoms with Gasteiger partial charge in [0.15, 0.2) is 0 Å². The van der Waals surface area contributed by atoms with Crippen molar-refractivity contribution >= 4 is 5.91 Å². The Morgan fingerprint density at radius 1 is 1.21 bits per heavy atom. The van der Waals surface area contributed by atoms with Gasteiger partial charge in [-0.05, 0) is 12.5 Å². The smallest absolute Gasteiger partial charge is 0.225 e. The lowest BCUT2D eigenvalue weighted by Crippen LogP contribution is -2.49. The first-order valence-corrected chi connectivity index (χ1v) is 7.13. The second kappa shape index (κ2) is 6.20. The molecule has 0 spiro atoms. The highest BCUT2D eigenvalue weighted by atomic mass is 16.2. The maximum absolute atomic E-state index is 11.9. The van der Waals surface area contributed by atoms with Crippen LogP contribution in [0.2, 0.25) is 0 Å². The summed E-state index contributed by atoms with van der Waals surface area (Å²) >= 11 is 0.